The highest BCUT2D eigenvalue weighted by molar-refractivity contribution is 9.11. The molecule has 0 amide bonds. The van der Waals surface area contributed by atoms with Gasteiger partial charge in [0.2, 0.25) is 0 Å². The van der Waals surface area contributed by atoms with Gasteiger partial charge in [-0.05, 0) is 63.0 Å². The van der Waals surface area contributed by atoms with Crippen molar-refractivity contribution in [2.45, 2.75) is 12.5 Å². The minimum Gasteiger partial charge on any atom is -0.494 e. The lowest BCUT2D eigenvalue weighted by atomic mass is 10.0. The Hall–Kier alpha value is -0.980. The molecule has 1 unspecified atom stereocenters. The number of nitrogens with zero attached hydrogens (tertiary/aromatic N) is 1. The molecule has 0 spiro atoms. The highest BCUT2D eigenvalue weighted by Crippen LogP contribution is 2.29. The average Bonchev–Trinajstić information content (AvgIpc) is 2.47. The molecule has 0 radical (unpaired) electrons. The fraction of sp³-hybridized carbons (Fsp3) is 0.267. The summed E-state index contributed by atoms with van der Waals surface area (Å²) < 4.78 is 21.0. The maximum atomic E-state index is 14.3. The molecule has 0 aliphatic rings. The van der Waals surface area contributed by atoms with Crippen LogP contribution in [0.25, 0.3) is 0 Å². The molecule has 21 heavy (non-hydrogen) atoms. The molecule has 0 saturated carbocycles. The summed E-state index contributed by atoms with van der Waals surface area (Å²) in [6, 6.07) is 6.98. The van der Waals surface area contributed by atoms with Gasteiger partial charge in [-0.1, -0.05) is 12.1 Å². The topological polar surface area (TPSA) is 34.1 Å². The second-order valence-electron chi connectivity index (χ2n) is 4.50. The third-order valence-corrected chi connectivity index (χ3v) is 4.27. The smallest absolute Gasteiger partial charge is 0.168 e. The molecule has 1 aromatic heterocycles. The summed E-state index contributed by atoms with van der Waals surface area (Å²) in [4.78, 5) is 4.41. The third-order valence-electron chi connectivity index (χ3n) is 3.20. The summed E-state index contributed by atoms with van der Waals surface area (Å²) >= 11 is 6.87. The third kappa shape index (κ3) is 3.81. The van der Waals surface area contributed by atoms with E-state index >= 15 is 0 Å². The average molecular weight is 418 g/mol. The van der Waals surface area contributed by atoms with Crippen LogP contribution in [-0.4, -0.2) is 19.1 Å². The number of methoxy groups -OCH3 is 1. The van der Waals surface area contributed by atoms with Crippen molar-refractivity contribution in [2.24, 2.45) is 0 Å². The number of rotatable bonds is 5. The summed E-state index contributed by atoms with van der Waals surface area (Å²) in [5, 5.41) is 3.18. The van der Waals surface area contributed by atoms with Crippen molar-refractivity contribution in [1.82, 2.24) is 10.3 Å². The number of pyridine rings is 1. The number of hydrogen-bond acceptors (Lipinski definition) is 3. The molecule has 0 saturated heterocycles. The number of likely N-dealkylation sites (N-methyl/N-ethyl adjacent to an activating group) is 1. The Kier molecular flexibility index (Phi) is 5.72. The van der Waals surface area contributed by atoms with Crippen molar-refractivity contribution in [3.63, 3.8) is 0 Å². The van der Waals surface area contributed by atoms with Crippen LogP contribution in [0.3, 0.4) is 0 Å². The Bertz CT molecular complexity index is 637. The first-order valence-corrected chi connectivity index (χ1v) is 7.95. The molecule has 3 nitrogen and oxygen atoms in total. The zero-order valence-electron chi connectivity index (χ0n) is 11.7. The van der Waals surface area contributed by atoms with E-state index < -0.39 is 0 Å². The highest BCUT2D eigenvalue weighted by atomic mass is 79.9. The summed E-state index contributed by atoms with van der Waals surface area (Å²) in [6.07, 6.45) is 2.21. The van der Waals surface area contributed by atoms with Gasteiger partial charge < -0.3 is 10.1 Å². The van der Waals surface area contributed by atoms with Crippen molar-refractivity contribution >= 4 is 31.9 Å². The molecule has 0 aliphatic heterocycles. The van der Waals surface area contributed by atoms with Gasteiger partial charge in [0.05, 0.1) is 18.8 Å². The lowest BCUT2D eigenvalue weighted by molar-refractivity contribution is 0.382. The largest absolute Gasteiger partial charge is 0.494 e. The predicted molar refractivity (Wildman–Crippen MR) is 88.1 cm³/mol. The van der Waals surface area contributed by atoms with E-state index in [-0.39, 0.29) is 17.6 Å². The molecule has 112 valence electrons. The Morgan fingerprint density at radius 1 is 1.38 bits per heavy atom. The Morgan fingerprint density at radius 3 is 2.76 bits per heavy atom. The van der Waals surface area contributed by atoms with E-state index in [2.05, 4.69) is 42.2 Å². The first-order valence-electron chi connectivity index (χ1n) is 6.36. The first kappa shape index (κ1) is 16.4. The molecule has 0 bridgehead atoms. The molecule has 6 heteroatoms. The summed E-state index contributed by atoms with van der Waals surface area (Å²) in [7, 11) is 3.30. The van der Waals surface area contributed by atoms with Gasteiger partial charge in [0.1, 0.15) is 0 Å². The SMILES string of the molecule is CNC(Cc1cccc(OC)c1F)c1ncc(Br)cc1Br. The van der Waals surface area contributed by atoms with Crippen LogP contribution in [0.5, 0.6) is 5.75 Å². The van der Waals surface area contributed by atoms with E-state index in [1.165, 1.54) is 7.11 Å². The van der Waals surface area contributed by atoms with Gasteiger partial charge in [-0.25, -0.2) is 4.39 Å². The molecule has 0 aliphatic carbocycles. The molecular weight excluding hydrogens is 403 g/mol. The van der Waals surface area contributed by atoms with E-state index in [1.807, 2.05) is 13.1 Å². The Morgan fingerprint density at radius 2 is 2.14 bits per heavy atom. The van der Waals surface area contributed by atoms with Crippen LogP contribution in [0, 0.1) is 5.82 Å². The molecule has 1 heterocycles. The summed E-state index contributed by atoms with van der Waals surface area (Å²) in [5.74, 6) is -0.0707. The van der Waals surface area contributed by atoms with Crippen LogP contribution in [-0.2, 0) is 6.42 Å². The van der Waals surface area contributed by atoms with Crippen LogP contribution >= 0.6 is 31.9 Å². The van der Waals surface area contributed by atoms with Crippen molar-refractivity contribution in [3.8, 4) is 5.75 Å². The number of benzene rings is 1. The zero-order chi connectivity index (χ0) is 15.4. The summed E-state index contributed by atoms with van der Waals surface area (Å²) in [5.41, 5.74) is 1.42. The maximum absolute atomic E-state index is 14.3. The summed E-state index contributed by atoms with van der Waals surface area (Å²) in [6.45, 7) is 0. The highest BCUT2D eigenvalue weighted by Gasteiger charge is 2.18. The van der Waals surface area contributed by atoms with Crippen molar-refractivity contribution in [2.75, 3.05) is 14.2 Å². The molecule has 0 fully saturated rings. The number of aromatic nitrogens is 1. The second kappa shape index (κ2) is 7.33. The van der Waals surface area contributed by atoms with E-state index in [9.17, 15) is 4.39 Å². The van der Waals surface area contributed by atoms with Gasteiger partial charge in [0.25, 0.3) is 0 Å². The van der Waals surface area contributed by atoms with Gasteiger partial charge in [0.15, 0.2) is 11.6 Å². The van der Waals surface area contributed by atoms with E-state index in [0.717, 1.165) is 14.6 Å². The van der Waals surface area contributed by atoms with Gasteiger partial charge in [-0.15, -0.1) is 0 Å². The number of ether oxygens (including phenoxy) is 1. The Labute approximate surface area is 140 Å². The second-order valence-corrected chi connectivity index (χ2v) is 6.27. The van der Waals surface area contributed by atoms with Crippen LogP contribution in [0.15, 0.2) is 39.4 Å². The van der Waals surface area contributed by atoms with Crippen molar-refractivity contribution < 1.29 is 9.13 Å². The van der Waals surface area contributed by atoms with Crippen LogP contribution < -0.4 is 10.1 Å². The predicted octanol–water partition coefficient (Wildman–Crippen LogP) is 4.26. The lowest BCUT2D eigenvalue weighted by Gasteiger charge is -2.18. The molecule has 1 aromatic carbocycles. The normalized spacial score (nSPS) is 12.2. The van der Waals surface area contributed by atoms with Gasteiger partial charge in [-0.2, -0.15) is 0 Å². The zero-order valence-corrected chi connectivity index (χ0v) is 14.8. The minimum absolute atomic E-state index is 0.103. The fourth-order valence-electron chi connectivity index (χ4n) is 2.11. The molecule has 1 atom stereocenters. The maximum Gasteiger partial charge on any atom is 0.168 e. The van der Waals surface area contributed by atoms with E-state index in [1.54, 1.807) is 24.4 Å². The minimum atomic E-state index is -0.325. The van der Waals surface area contributed by atoms with Crippen LogP contribution in [0.1, 0.15) is 17.3 Å². The van der Waals surface area contributed by atoms with Crippen LogP contribution in [0.4, 0.5) is 4.39 Å². The van der Waals surface area contributed by atoms with Gasteiger partial charge in [-0.3, -0.25) is 4.98 Å². The fourth-order valence-corrected chi connectivity index (χ4v) is 3.37. The van der Waals surface area contributed by atoms with Gasteiger partial charge in [0, 0.05) is 15.1 Å². The number of nitrogens with one attached hydrogen (secondary N) is 1. The van der Waals surface area contributed by atoms with Gasteiger partial charge >= 0.3 is 0 Å². The lowest BCUT2D eigenvalue weighted by Crippen LogP contribution is -2.21. The molecule has 1 N–H and O–H groups in total. The van der Waals surface area contributed by atoms with Crippen LogP contribution in [0.2, 0.25) is 0 Å². The quantitative estimate of drug-likeness (QED) is 0.789. The van der Waals surface area contributed by atoms with E-state index in [0.29, 0.717) is 12.0 Å². The molecular formula is C15H15Br2FN2O. The first-order chi connectivity index (χ1) is 10.1. The van der Waals surface area contributed by atoms with E-state index in [4.69, 9.17) is 4.74 Å². The van der Waals surface area contributed by atoms with Crippen molar-refractivity contribution in [1.29, 1.82) is 0 Å². The Balaban J connectivity index is 2.31. The molecule has 2 rings (SSSR count). The standard InChI is InChI=1S/C15H15Br2FN2O/c1-19-12(15-11(17)7-10(16)8-20-15)6-9-4-3-5-13(21-2)14(9)18/h3-5,7-8,12,19H,6H2,1-2H3. The molecule has 2 aromatic rings. The number of halogens is 3. The monoisotopic (exact) mass is 416 g/mol. The van der Waals surface area contributed by atoms with Crippen molar-refractivity contribution in [3.05, 3.63) is 56.5 Å². The number of hydrogen-bond donors (Lipinski definition) is 1.